The first-order chi connectivity index (χ1) is 10.1. The molecule has 0 amide bonds. The molecule has 1 saturated heterocycles. The van der Waals surface area contributed by atoms with Gasteiger partial charge in [0.15, 0.2) is 11.5 Å². The molecule has 0 saturated carbocycles. The number of rotatable bonds is 1. The van der Waals surface area contributed by atoms with Crippen LogP contribution in [0.2, 0.25) is 0 Å². The zero-order chi connectivity index (χ0) is 14.6. The molecular formula is C18H22O3. The Kier molecular flexibility index (Phi) is 3.00. The van der Waals surface area contributed by atoms with Gasteiger partial charge in [-0.15, -0.1) is 0 Å². The van der Waals surface area contributed by atoms with E-state index in [0.717, 1.165) is 18.1 Å². The number of allylic oxidation sites excluding steroid dienone is 1. The van der Waals surface area contributed by atoms with Gasteiger partial charge in [-0.3, -0.25) is 0 Å². The summed E-state index contributed by atoms with van der Waals surface area (Å²) in [6.07, 6.45) is 2.58. The van der Waals surface area contributed by atoms with E-state index in [0.29, 0.717) is 30.5 Å². The Hall–Kier alpha value is -1.48. The Morgan fingerprint density at radius 2 is 1.90 bits per heavy atom. The minimum atomic E-state index is 0.134. The van der Waals surface area contributed by atoms with Crippen LogP contribution in [0.25, 0.3) is 0 Å². The van der Waals surface area contributed by atoms with E-state index < -0.39 is 0 Å². The van der Waals surface area contributed by atoms with Crippen molar-refractivity contribution in [1.82, 2.24) is 0 Å². The SMILES string of the molecule is CC1=C[C@H](C)[C@H]2CO[C@H](c3ccc4c(c3)OCO4)[C@H]1[C@H]2C. The van der Waals surface area contributed by atoms with Gasteiger partial charge in [0.2, 0.25) is 6.79 Å². The molecule has 112 valence electrons. The van der Waals surface area contributed by atoms with Crippen LogP contribution in [0.1, 0.15) is 32.4 Å². The van der Waals surface area contributed by atoms with Crippen molar-refractivity contribution in [1.29, 1.82) is 0 Å². The topological polar surface area (TPSA) is 27.7 Å². The maximum absolute atomic E-state index is 6.26. The van der Waals surface area contributed by atoms with Crippen LogP contribution in [0, 0.1) is 23.7 Å². The number of benzene rings is 1. The van der Waals surface area contributed by atoms with Crippen LogP contribution in [0.15, 0.2) is 29.8 Å². The van der Waals surface area contributed by atoms with Crippen molar-refractivity contribution in [2.75, 3.05) is 13.4 Å². The van der Waals surface area contributed by atoms with Crippen LogP contribution in [0.3, 0.4) is 0 Å². The molecule has 3 heteroatoms. The Balaban J connectivity index is 1.71. The fraction of sp³-hybridized carbons (Fsp3) is 0.556. The molecule has 2 bridgehead atoms. The molecule has 1 aromatic rings. The number of ether oxygens (including phenoxy) is 3. The zero-order valence-corrected chi connectivity index (χ0v) is 12.8. The Morgan fingerprint density at radius 1 is 1.10 bits per heavy atom. The van der Waals surface area contributed by atoms with E-state index in [1.54, 1.807) is 0 Å². The van der Waals surface area contributed by atoms with Gasteiger partial charge in [0.05, 0.1) is 12.7 Å². The van der Waals surface area contributed by atoms with Gasteiger partial charge in [-0.25, -0.2) is 0 Å². The van der Waals surface area contributed by atoms with E-state index in [1.807, 2.05) is 6.07 Å². The van der Waals surface area contributed by atoms with Gasteiger partial charge in [0.25, 0.3) is 0 Å². The van der Waals surface area contributed by atoms with E-state index in [1.165, 1.54) is 11.1 Å². The quantitative estimate of drug-likeness (QED) is 0.732. The summed E-state index contributed by atoms with van der Waals surface area (Å²) in [6, 6.07) is 6.21. The highest BCUT2D eigenvalue weighted by atomic mass is 16.7. The molecule has 3 aliphatic rings. The summed E-state index contributed by atoms with van der Waals surface area (Å²) in [7, 11) is 0. The monoisotopic (exact) mass is 286 g/mol. The molecule has 0 unspecified atom stereocenters. The second-order valence-corrected chi connectivity index (χ2v) is 6.69. The van der Waals surface area contributed by atoms with Crippen molar-refractivity contribution in [2.24, 2.45) is 23.7 Å². The van der Waals surface area contributed by atoms with Gasteiger partial charge in [-0.05, 0) is 42.4 Å². The van der Waals surface area contributed by atoms with E-state index in [-0.39, 0.29) is 6.10 Å². The predicted octanol–water partition coefficient (Wildman–Crippen LogP) is 3.95. The summed E-state index contributed by atoms with van der Waals surface area (Å²) in [5.74, 6) is 4.08. The summed E-state index contributed by atoms with van der Waals surface area (Å²) < 4.78 is 17.2. The third-order valence-electron chi connectivity index (χ3n) is 5.49. The molecule has 1 aliphatic carbocycles. The molecule has 21 heavy (non-hydrogen) atoms. The van der Waals surface area contributed by atoms with E-state index >= 15 is 0 Å². The summed E-state index contributed by atoms with van der Waals surface area (Å²) in [6.45, 7) is 8.11. The summed E-state index contributed by atoms with van der Waals surface area (Å²) in [5, 5.41) is 0. The van der Waals surface area contributed by atoms with Crippen molar-refractivity contribution < 1.29 is 14.2 Å². The maximum Gasteiger partial charge on any atom is 0.231 e. The van der Waals surface area contributed by atoms with Gasteiger partial charge >= 0.3 is 0 Å². The average molecular weight is 286 g/mol. The maximum atomic E-state index is 6.26. The predicted molar refractivity (Wildman–Crippen MR) is 80.3 cm³/mol. The third kappa shape index (κ3) is 1.98. The van der Waals surface area contributed by atoms with Gasteiger partial charge < -0.3 is 14.2 Å². The average Bonchev–Trinajstić information content (AvgIpc) is 2.91. The molecule has 1 fully saturated rings. The van der Waals surface area contributed by atoms with Gasteiger partial charge in [-0.1, -0.05) is 31.6 Å². The van der Waals surface area contributed by atoms with Gasteiger partial charge in [-0.2, -0.15) is 0 Å². The molecule has 2 aliphatic heterocycles. The van der Waals surface area contributed by atoms with E-state index in [9.17, 15) is 0 Å². The largest absolute Gasteiger partial charge is 0.454 e. The molecule has 2 heterocycles. The highest BCUT2D eigenvalue weighted by molar-refractivity contribution is 5.45. The summed E-state index contributed by atoms with van der Waals surface area (Å²) >= 11 is 0. The van der Waals surface area contributed by atoms with Crippen LogP contribution in [-0.2, 0) is 4.74 Å². The molecule has 0 radical (unpaired) electrons. The first-order valence-electron chi connectivity index (χ1n) is 7.84. The standard InChI is InChI=1S/C18H22O3/c1-10-6-11(2)17-12(3)14(10)8-19-18(17)13-4-5-15-16(7-13)21-9-20-15/h4-7,10,12,14,17-18H,8-9H2,1-3H3/t10-,12-,14+,17+,18+/m0/s1. The van der Waals surface area contributed by atoms with Crippen LogP contribution in [0.5, 0.6) is 11.5 Å². The fourth-order valence-electron chi connectivity index (χ4n) is 4.34. The number of fused-ring (bicyclic) bond motifs is 3. The lowest BCUT2D eigenvalue weighted by atomic mass is 9.64. The first-order valence-corrected chi connectivity index (χ1v) is 7.84. The lowest BCUT2D eigenvalue weighted by molar-refractivity contribution is -0.0934. The van der Waals surface area contributed by atoms with Crippen molar-refractivity contribution in [3.05, 3.63) is 35.4 Å². The van der Waals surface area contributed by atoms with Crippen molar-refractivity contribution in [2.45, 2.75) is 26.9 Å². The normalized spacial score (nSPS) is 37.3. The highest BCUT2D eigenvalue weighted by Gasteiger charge is 2.43. The molecule has 0 N–H and O–H groups in total. The van der Waals surface area contributed by atoms with Crippen LogP contribution < -0.4 is 9.47 Å². The zero-order valence-electron chi connectivity index (χ0n) is 12.8. The van der Waals surface area contributed by atoms with Crippen LogP contribution in [-0.4, -0.2) is 13.4 Å². The minimum absolute atomic E-state index is 0.134. The molecule has 3 nitrogen and oxygen atoms in total. The van der Waals surface area contributed by atoms with Crippen molar-refractivity contribution in [3.63, 3.8) is 0 Å². The Bertz CT molecular complexity index is 592. The number of hydrogen-bond acceptors (Lipinski definition) is 3. The van der Waals surface area contributed by atoms with Crippen LogP contribution in [0.4, 0.5) is 0 Å². The second kappa shape index (κ2) is 4.77. The third-order valence-corrected chi connectivity index (χ3v) is 5.49. The molecule has 1 aromatic carbocycles. The smallest absolute Gasteiger partial charge is 0.231 e. The summed E-state index contributed by atoms with van der Waals surface area (Å²) in [5.41, 5.74) is 2.67. The second-order valence-electron chi connectivity index (χ2n) is 6.69. The Labute approximate surface area is 125 Å². The van der Waals surface area contributed by atoms with Crippen LogP contribution >= 0.6 is 0 Å². The first kappa shape index (κ1) is 13.2. The lowest BCUT2D eigenvalue weighted by Gasteiger charge is -2.47. The van der Waals surface area contributed by atoms with E-state index in [2.05, 4.69) is 39.0 Å². The highest BCUT2D eigenvalue weighted by Crippen LogP contribution is 2.50. The molecular weight excluding hydrogens is 264 g/mol. The summed E-state index contributed by atoms with van der Waals surface area (Å²) in [4.78, 5) is 0. The fourth-order valence-corrected chi connectivity index (χ4v) is 4.34. The number of hydrogen-bond donors (Lipinski definition) is 0. The van der Waals surface area contributed by atoms with Gasteiger partial charge in [0, 0.05) is 5.92 Å². The molecule has 0 spiro atoms. The van der Waals surface area contributed by atoms with Gasteiger partial charge in [0.1, 0.15) is 0 Å². The molecule has 4 rings (SSSR count). The minimum Gasteiger partial charge on any atom is -0.454 e. The molecule has 0 aromatic heterocycles. The van der Waals surface area contributed by atoms with Crippen molar-refractivity contribution in [3.8, 4) is 11.5 Å². The molecule has 5 atom stereocenters. The lowest BCUT2D eigenvalue weighted by Crippen LogP contribution is -2.42. The Morgan fingerprint density at radius 3 is 2.76 bits per heavy atom. The van der Waals surface area contributed by atoms with E-state index in [4.69, 9.17) is 14.2 Å². The van der Waals surface area contributed by atoms with Crippen molar-refractivity contribution >= 4 is 0 Å².